The van der Waals surface area contributed by atoms with Crippen LogP contribution in [-0.2, 0) is 14.3 Å². The molecule has 4 aliphatic rings. The summed E-state index contributed by atoms with van der Waals surface area (Å²) in [5, 5.41) is 9.25. The van der Waals surface area contributed by atoms with Gasteiger partial charge in [-0.1, -0.05) is 13.5 Å². The average molecular weight is 280 g/mol. The molecule has 112 valence electrons. The van der Waals surface area contributed by atoms with E-state index >= 15 is 0 Å². The third-order valence-electron chi connectivity index (χ3n) is 5.78. The van der Waals surface area contributed by atoms with Crippen molar-refractivity contribution in [2.45, 2.75) is 57.2 Å². The maximum atomic E-state index is 12.0. The van der Waals surface area contributed by atoms with Crippen LogP contribution in [0.15, 0.2) is 12.2 Å². The molecule has 4 aliphatic carbocycles. The summed E-state index contributed by atoms with van der Waals surface area (Å²) in [6.07, 6.45) is 5.03. The minimum atomic E-state index is -0.421. The van der Waals surface area contributed by atoms with E-state index in [4.69, 9.17) is 9.47 Å². The summed E-state index contributed by atoms with van der Waals surface area (Å²) in [5.74, 6) is 0.919. The molecule has 4 fully saturated rings. The smallest absolute Gasteiger partial charge is 0.333 e. The van der Waals surface area contributed by atoms with E-state index in [1.54, 1.807) is 6.92 Å². The Morgan fingerprint density at radius 1 is 1.25 bits per heavy atom. The van der Waals surface area contributed by atoms with Crippen LogP contribution in [0.2, 0.25) is 0 Å². The highest BCUT2D eigenvalue weighted by atomic mass is 16.6. The van der Waals surface area contributed by atoms with Crippen molar-refractivity contribution in [1.82, 2.24) is 0 Å². The molecular formula is C16H24O4. The molecule has 3 atom stereocenters. The predicted molar refractivity (Wildman–Crippen MR) is 73.8 cm³/mol. The minimum absolute atomic E-state index is 0.123. The van der Waals surface area contributed by atoms with Gasteiger partial charge in [0.2, 0.25) is 0 Å². The number of ether oxygens (including phenoxy) is 2. The second-order valence-electron chi connectivity index (χ2n) is 7.08. The molecular weight excluding hydrogens is 256 g/mol. The standard InChI is InChI=1S/C16H24O4/c1-10(2)14(18)20-16-7-12-4-13(8-16)6-15(5-12,11(16)3)19-9-17/h11-13,17H,1,4-9H2,2-3H3. The molecule has 4 nitrogen and oxygen atoms in total. The second-order valence-corrected chi connectivity index (χ2v) is 7.08. The Labute approximate surface area is 120 Å². The number of hydrogen-bond acceptors (Lipinski definition) is 4. The van der Waals surface area contributed by atoms with Gasteiger partial charge in [0.25, 0.3) is 0 Å². The van der Waals surface area contributed by atoms with Gasteiger partial charge in [-0.15, -0.1) is 0 Å². The summed E-state index contributed by atoms with van der Waals surface area (Å²) in [6, 6.07) is 0. The molecule has 0 heterocycles. The summed E-state index contributed by atoms with van der Waals surface area (Å²) < 4.78 is 11.7. The van der Waals surface area contributed by atoms with Crippen molar-refractivity contribution in [3.05, 3.63) is 12.2 Å². The Kier molecular flexibility index (Phi) is 3.22. The van der Waals surface area contributed by atoms with Crippen LogP contribution < -0.4 is 0 Å². The Balaban J connectivity index is 1.91. The van der Waals surface area contributed by atoms with Crippen molar-refractivity contribution >= 4 is 5.97 Å². The third kappa shape index (κ3) is 1.92. The number of carbonyl (C=O) groups is 1. The van der Waals surface area contributed by atoms with E-state index in [-0.39, 0.29) is 24.3 Å². The van der Waals surface area contributed by atoms with Gasteiger partial charge in [0.05, 0.1) is 5.60 Å². The van der Waals surface area contributed by atoms with Crippen molar-refractivity contribution in [2.75, 3.05) is 6.79 Å². The van der Waals surface area contributed by atoms with Crippen LogP contribution in [0, 0.1) is 17.8 Å². The Morgan fingerprint density at radius 3 is 2.30 bits per heavy atom. The topological polar surface area (TPSA) is 55.8 Å². The van der Waals surface area contributed by atoms with Crippen LogP contribution in [0.1, 0.15) is 46.0 Å². The lowest BCUT2D eigenvalue weighted by molar-refractivity contribution is -0.278. The number of rotatable bonds is 4. The number of esters is 1. The van der Waals surface area contributed by atoms with Gasteiger partial charge in [0, 0.05) is 11.5 Å². The van der Waals surface area contributed by atoms with E-state index in [9.17, 15) is 9.90 Å². The highest BCUT2D eigenvalue weighted by Gasteiger charge is 2.64. The average Bonchev–Trinajstić information content (AvgIpc) is 2.35. The number of hydrogen-bond donors (Lipinski definition) is 1. The first-order valence-corrected chi connectivity index (χ1v) is 7.54. The monoisotopic (exact) mass is 280 g/mol. The van der Waals surface area contributed by atoms with Crippen LogP contribution in [0.4, 0.5) is 0 Å². The highest BCUT2D eigenvalue weighted by Crippen LogP contribution is 2.62. The second kappa shape index (κ2) is 4.57. The minimum Gasteiger partial charge on any atom is -0.455 e. The van der Waals surface area contributed by atoms with E-state index in [0.717, 1.165) is 25.7 Å². The van der Waals surface area contributed by atoms with Crippen molar-refractivity contribution in [3.8, 4) is 0 Å². The van der Waals surface area contributed by atoms with E-state index in [1.807, 2.05) is 0 Å². The molecule has 4 saturated carbocycles. The number of aliphatic hydroxyl groups is 1. The van der Waals surface area contributed by atoms with Gasteiger partial charge in [-0.25, -0.2) is 4.79 Å². The molecule has 0 aliphatic heterocycles. The SMILES string of the molecule is C=C(C)C(=O)OC12CC3CC(CC(OCO)(C3)C1C)C2. The number of aliphatic hydroxyl groups excluding tert-OH is 1. The van der Waals surface area contributed by atoms with Gasteiger partial charge < -0.3 is 14.6 Å². The molecule has 0 spiro atoms. The largest absolute Gasteiger partial charge is 0.455 e. The first-order chi connectivity index (χ1) is 9.41. The van der Waals surface area contributed by atoms with Gasteiger partial charge in [-0.05, 0) is 50.9 Å². The van der Waals surface area contributed by atoms with Gasteiger partial charge in [0.15, 0.2) is 0 Å². The van der Waals surface area contributed by atoms with E-state index in [0.29, 0.717) is 17.4 Å². The molecule has 3 unspecified atom stereocenters. The van der Waals surface area contributed by atoms with Gasteiger partial charge >= 0.3 is 5.97 Å². The molecule has 1 N–H and O–H groups in total. The first kappa shape index (κ1) is 14.1. The molecule has 0 aromatic heterocycles. The molecule has 0 aromatic carbocycles. The van der Waals surface area contributed by atoms with Crippen molar-refractivity contribution in [1.29, 1.82) is 0 Å². The third-order valence-corrected chi connectivity index (χ3v) is 5.78. The zero-order valence-electron chi connectivity index (χ0n) is 12.4. The lowest BCUT2D eigenvalue weighted by Crippen LogP contribution is -2.67. The van der Waals surface area contributed by atoms with Crippen molar-refractivity contribution < 1.29 is 19.4 Å². The highest BCUT2D eigenvalue weighted by molar-refractivity contribution is 5.87. The molecule has 4 rings (SSSR count). The summed E-state index contributed by atoms with van der Waals surface area (Å²) in [4.78, 5) is 12.0. The van der Waals surface area contributed by atoms with E-state index in [1.165, 1.54) is 6.42 Å². The zero-order valence-corrected chi connectivity index (χ0v) is 12.4. The molecule has 0 saturated heterocycles. The van der Waals surface area contributed by atoms with Gasteiger partial charge in [0.1, 0.15) is 12.4 Å². The Hall–Kier alpha value is -0.870. The van der Waals surface area contributed by atoms with Gasteiger partial charge in [-0.2, -0.15) is 0 Å². The summed E-state index contributed by atoms with van der Waals surface area (Å²) in [5.41, 5.74) is -0.284. The maximum Gasteiger partial charge on any atom is 0.333 e. The maximum absolute atomic E-state index is 12.0. The Bertz CT molecular complexity index is 428. The van der Waals surface area contributed by atoms with E-state index in [2.05, 4.69) is 13.5 Å². The fourth-order valence-corrected chi connectivity index (χ4v) is 5.07. The zero-order chi connectivity index (χ0) is 14.5. The fraction of sp³-hybridized carbons (Fsp3) is 0.812. The quantitative estimate of drug-likeness (QED) is 0.488. The van der Waals surface area contributed by atoms with Crippen LogP contribution in [0.5, 0.6) is 0 Å². The van der Waals surface area contributed by atoms with Gasteiger partial charge in [-0.3, -0.25) is 0 Å². The summed E-state index contributed by atoms with van der Waals surface area (Å²) >= 11 is 0. The van der Waals surface area contributed by atoms with Crippen LogP contribution in [-0.4, -0.2) is 29.1 Å². The summed E-state index contributed by atoms with van der Waals surface area (Å²) in [6.45, 7) is 7.23. The molecule has 0 aromatic rings. The predicted octanol–water partition coefficient (Wildman–Crippen LogP) is 2.41. The first-order valence-electron chi connectivity index (χ1n) is 7.54. The lowest BCUT2D eigenvalue weighted by Gasteiger charge is -2.64. The molecule has 0 amide bonds. The van der Waals surface area contributed by atoms with Crippen LogP contribution >= 0.6 is 0 Å². The van der Waals surface area contributed by atoms with Crippen molar-refractivity contribution in [3.63, 3.8) is 0 Å². The lowest BCUT2D eigenvalue weighted by atomic mass is 9.48. The summed E-state index contributed by atoms with van der Waals surface area (Å²) in [7, 11) is 0. The molecule has 4 bridgehead atoms. The van der Waals surface area contributed by atoms with E-state index < -0.39 is 5.60 Å². The number of carbonyl (C=O) groups excluding carboxylic acids is 1. The Morgan fingerprint density at radius 2 is 1.80 bits per heavy atom. The van der Waals surface area contributed by atoms with Crippen molar-refractivity contribution in [2.24, 2.45) is 17.8 Å². The molecule has 4 heteroatoms. The van der Waals surface area contributed by atoms with Crippen LogP contribution in [0.3, 0.4) is 0 Å². The molecule has 20 heavy (non-hydrogen) atoms. The molecule has 0 radical (unpaired) electrons. The van der Waals surface area contributed by atoms with Crippen LogP contribution in [0.25, 0.3) is 0 Å². The normalized spacial score (nSPS) is 45.5. The fourth-order valence-electron chi connectivity index (χ4n) is 5.07.